The highest BCUT2D eigenvalue weighted by molar-refractivity contribution is 6.02. The first-order valence-electron chi connectivity index (χ1n) is 9.59. The normalized spacial score (nSPS) is 10.8. The monoisotopic (exact) mass is 400 g/mol. The van der Waals surface area contributed by atoms with E-state index in [4.69, 9.17) is 0 Å². The van der Waals surface area contributed by atoms with Crippen LogP contribution in [0.3, 0.4) is 0 Å². The predicted octanol–water partition coefficient (Wildman–Crippen LogP) is 5.25. The molecule has 30 heavy (non-hydrogen) atoms. The van der Waals surface area contributed by atoms with Crippen LogP contribution >= 0.6 is 0 Å². The van der Waals surface area contributed by atoms with Crippen LogP contribution in [0.1, 0.15) is 27.3 Å². The van der Waals surface area contributed by atoms with Crippen molar-refractivity contribution in [1.29, 1.82) is 0 Å². The van der Waals surface area contributed by atoms with Gasteiger partial charge >= 0.3 is 0 Å². The van der Waals surface area contributed by atoms with Gasteiger partial charge in [0.05, 0.1) is 5.69 Å². The van der Waals surface area contributed by atoms with Crippen molar-refractivity contribution >= 4 is 11.6 Å². The van der Waals surface area contributed by atoms with Crippen molar-refractivity contribution in [2.45, 2.75) is 20.8 Å². The van der Waals surface area contributed by atoms with Crippen molar-refractivity contribution in [2.75, 3.05) is 5.32 Å². The highest BCUT2D eigenvalue weighted by Gasteiger charge is 2.19. The zero-order valence-electron chi connectivity index (χ0n) is 17.0. The van der Waals surface area contributed by atoms with Gasteiger partial charge < -0.3 is 5.32 Å². The Morgan fingerprint density at radius 2 is 1.57 bits per heavy atom. The van der Waals surface area contributed by atoms with E-state index < -0.39 is 5.91 Å². The molecule has 0 aliphatic carbocycles. The van der Waals surface area contributed by atoms with Gasteiger partial charge in [0.15, 0.2) is 5.82 Å². The molecule has 0 saturated carbocycles. The largest absolute Gasteiger partial charge is 0.319 e. The fraction of sp³-hybridized carbons (Fsp3) is 0.125. The van der Waals surface area contributed by atoms with Gasteiger partial charge in [0.25, 0.3) is 5.91 Å². The van der Waals surface area contributed by atoms with Gasteiger partial charge in [0.1, 0.15) is 5.82 Å². The van der Waals surface area contributed by atoms with Crippen LogP contribution in [0.5, 0.6) is 0 Å². The minimum absolute atomic E-state index is 0.0369. The molecule has 1 amide bonds. The third-order valence-corrected chi connectivity index (χ3v) is 4.82. The van der Waals surface area contributed by atoms with E-state index in [0.717, 1.165) is 22.4 Å². The van der Waals surface area contributed by atoms with Gasteiger partial charge in [0, 0.05) is 11.3 Å². The second-order valence-corrected chi connectivity index (χ2v) is 7.29. The molecule has 150 valence electrons. The molecule has 1 aromatic heterocycles. The van der Waals surface area contributed by atoms with Gasteiger partial charge in [0.2, 0.25) is 5.82 Å². The number of aromatic nitrogens is 3. The van der Waals surface area contributed by atoms with E-state index in [-0.39, 0.29) is 11.6 Å². The average Bonchev–Trinajstić information content (AvgIpc) is 3.17. The maximum atomic E-state index is 13.4. The van der Waals surface area contributed by atoms with E-state index in [9.17, 15) is 9.18 Å². The van der Waals surface area contributed by atoms with E-state index >= 15 is 0 Å². The first kappa shape index (κ1) is 19.5. The summed E-state index contributed by atoms with van der Waals surface area (Å²) in [5.41, 5.74) is 5.31. The highest BCUT2D eigenvalue weighted by atomic mass is 19.1. The van der Waals surface area contributed by atoms with Gasteiger partial charge in [-0.05, 0) is 68.8 Å². The SMILES string of the molecule is Cc1ccc(-n2nc(C(=O)Nc3ccc(C)cc3C)nc2-c2ccc(F)cc2)cc1. The maximum Gasteiger partial charge on any atom is 0.295 e. The summed E-state index contributed by atoms with van der Waals surface area (Å²) in [6.45, 7) is 5.93. The van der Waals surface area contributed by atoms with Gasteiger partial charge in [-0.2, -0.15) is 0 Å². The minimum Gasteiger partial charge on any atom is -0.319 e. The minimum atomic E-state index is -0.406. The predicted molar refractivity (Wildman–Crippen MR) is 115 cm³/mol. The molecule has 0 unspecified atom stereocenters. The Bertz CT molecular complexity index is 1150. The Morgan fingerprint density at radius 1 is 0.900 bits per heavy atom. The number of aryl methyl sites for hydroxylation is 3. The third kappa shape index (κ3) is 3.98. The van der Waals surface area contributed by atoms with E-state index in [1.807, 2.05) is 63.2 Å². The summed E-state index contributed by atoms with van der Waals surface area (Å²) >= 11 is 0. The summed E-state index contributed by atoms with van der Waals surface area (Å²) in [4.78, 5) is 17.3. The van der Waals surface area contributed by atoms with Crippen molar-refractivity contribution in [2.24, 2.45) is 0 Å². The zero-order chi connectivity index (χ0) is 21.3. The smallest absolute Gasteiger partial charge is 0.295 e. The lowest BCUT2D eigenvalue weighted by Gasteiger charge is -2.07. The summed E-state index contributed by atoms with van der Waals surface area (Å²) in [7, 11) is 0. The Kier molecular flexibility index (Phi) is 5.14. The molecule has 1 N–H and O–H groups in total. The number of anilines is 1. The number of carbonyl (C=O) groups is 1. The molecular weight excluding hydrogens is 379 g/mol. The topological polar surface area (TPSA) is 59.8 Å². The number of benzene rings is 3. The molecular formula is C24H21FN4O. The van der Waals surface area contributed by atoms with E-state index in [0.29, 0.717) is 17.1 Å². The van der Waals surface area contributed by atoms with Crippen LogP contribution in [0.15, 0.2) is 66.7 Å². The summed E-state index contributed by atoms with van der Waals surface area (Å²) < 4.78 is 15.0. The van der Waals surface area contributed by atoms with Gasteiger partial charge in [-0.15, -0.1) is 5.10 Å². The number of carbonyl (C=O) groups excluding carboxylic acids is 1. The number of hydrogen-bond acceptors (Lipinski definition) is 3. The zero-order valence-corrected chi connectivity index (χ0v) is 17.0. The Morgan fingerprint density at radius 3 is 2.23 bits per heavy atom. The first-order valence-corrected chi connectivity index (χ1v) is 9.59. The van der Waals surface area contributed by atoms with Crippen molar-refractivity contribution in [1.82, 2.24) is 14.8 Å². The molecule has 0 aliphatic rings. The molecule has 0 bridgehead atoms. The molecule has 4 rings (SSSR count). The molecule has 5 nitrogen and oxygen atoms in total. The number of rotatable bonds is 4. The summed E-state index contributed by atoms with van der Waals surface area (Å²) in [5.74, 6) is -0.247. The lowest BCUT2D eigenvalue weighted by Crippen LogP contribution is -2.15. The van der Waals surface area contributed by atoms with E-state index in [2.05, 4.69) is 15.4 Å². The number of halogens is 1. The fourth-order valence-corrected chi connectivity index (χ4v) is 3.19. The van der Waals surface area contributed by atoms with E-state index in [1.165, 1.54) is 12.1 Å². The molecule has 0 aliphatic heterocycles. The van der Waals surface area contributed by atoms with Crippen LogP contribution in [-0.4, -0.2) is 20.7 Å². The number of hydrogen-bond donors (Lipinski definition) is 1. The number of amides is 1. The molecule has 0 spiro atoms. The lowest BCUT2D eigenvalue weighted by atomic mass is 10.1. The van der Waals surface area contributed by atoms with Gasteiger partial charge in [-0.3, -0.25) is 4.79 Å². The molecule has 0 saturated heterocycles. The van der Waals surface area contributed by atoms with Crippen LogP contribution in [0.25, 0.3) is 17.1 Å². The molecule has 3 aromatic carbocycles. The Labute approximate surface area is 174 Å². The molecule has 0 atom stereocenters. The van der Waals surface area contributed by atoms with Crippen molar-refractivity contribution in [3.05, 3.63) is 95.1 Å². The average molecular weight is 400 g/mol. The summed E-state index contributed by atoms with van der Waals surface area (Å²) in [6, 6.07) is 19.5. The second kappa shape index (κ2) is 7.91. The summed E-state index contributed by atoms with van der Waals surface area (Å²) in [5, 5.41) is 7.33. The maximum absolute atomic E-state index is 13.4. The van der Waals surface area contributed by atoms with Gasteiger partial charge in [-0.25, -0.2) is 14.1 Å². The van der Waals surface area contributed by atoms with Crippen molar-refractivity contribution in [3.8, 4) is 17.1 Å². The Balaban J connectivity index is 1.75. The standard InChI is InChI=1S/C24H21FN4O/c1-15-4-11-20(12-5-15)29-23(18-7-9-19(25)10-8-18)27-22(28-29)24(30)26-21-13-6-16(2)14-17(21)3/h4-14H,1-3H3,(H,26,30). The number of nitrogens with zero attached hydrogens (tertiary/aromatic N) is 3. The van der Waals surface area contributed by atoms with Crippen LogP contribution < -0.4 is 5.32 Å². The Hall–Kier alpha value is -3.80. The number of nitrogens with one attached hydrogen (secondary N) is 1. The molecule has 0 fully saturated rings. The van der Waals surface area contributed by atoms with E-state index in [1.54, 1.807) is 16.8 Å². The van der Waals surface area contributed by atoms with Crippen LogP contribution in [0.2, 0.25) is 0 Å². The first-order chi connectivity index (χ1) is 14.4. The summed E-state index contributed by atoms with van der Waals surface area (Å²) in [6.07, 6.45) is 0. The third-order valence-electron chi connectivity index (χ3n) is 4.82. The van der Waals surface area contributed by atoms with Crippen molar-refractivity contribution < 1.29 is 9.18 Å². The molecule has 0 radical (unpaired) electrons. The lowest BCUT2D eigenvalue weighted by molar-refractivity contribution is 0.101. The van der Waals surface area contributed by atoms with Crippen molar-refractivity contribution in [3.63, 3.8) is 0 Å². The molecule has 1 heterocycles. The highest BCUT2D eigenvalue weighted by Crippen LogP contribution is 2.23. The van der Waals surface area contributed by atoms with Crippen LogP contribution in [0, 0.1) is 26.6 Å². The van der Waals surface area contributed by atoms with Crippen LogP contribution in [-0.2, 0) is 0 Å². The second-order valence-electron chi connectivity index (χ2n) is 7.29. The molecule has 6 heteroatoms. The fourth-order valence-electron chi connectivity index (χ4n) is 3.19. The van der Waals surface area contributed by atoms with Gasteiger partial charge in [-0.1, -0.05) is 35.4 Å². The van der Waals surface area contributed by atoms with Crippen LogP contribution in [0.4, 0.5) is 10.1 Å². The quantitative estimate of drug-likeness (QED) is 0.509. The molecule has 4 aromatic rings.